The van der Waals surface area contributed by atoms with Crippen LogP contribution in [-0.4, -0.2) is 0 Å². The van der Waals surface area contributed by atoms with Gasteiger partial charge in [0, 0.05) is 0 Å². The van der Waals surface area contributed by atoms with Crippen LogP contribution in [0, 0.1) is 0 Å². The molecule has 0 saturated heterocycles. The molecule has 0 fully saturated rings. The standard InChI is InChI=1S/C49H92/c1-8-15-22-29-36-43(37-30-23-16-9-2)49-47(41-34-27-20-13-6)45(39-32-25-18-11-4)44(38-31-24-17-10-3)46(40-33-26-19-12-5)48(49)42-35-28-21-14-7/h43H,8-42H2,1-7H3. The van der Waals surface area contributed by atoms with Crippen LogP contribution in [-0.2, 0) is 32.1 Å². The molecule has 0 unspecified atom stereocenters. The minimum absolute atomic E-state index is 0.786. The number of benzene rings is 1. The van der Waals surface area contributed by atoms with E-state index >= 15 is 0 Å². The first-order valence-electron chi connectivity index (χ1n) is 23.3. The van der Waals surface area contributed by atoms with Crippen LogP contribution < -0.4 is 0 Å². The van der Waals surface area contributed by atoms with Crippen molar-refractivity contribution in [3.63, 3.8) is 0 Å². The number of hydrogen-bond donors (Lipinski definition) is 0. The fourth-order valence-corrected chi connectivity index (χ4v) is 8.73. The van der Waals surface area contributed by atoms with Gasteiger partial charge in [-0.2, -0.15) is 0 Å². The second-order valence-corrected chi connectivity index (χ2v) is 16.3. The minimum atomic E-state index is 0.786. The zero-order chi connectivity index (χ0) is 35.8. The van der Waals surface area contributed by atoms with Crippen LogP contribution in [0.25, 0.3) is 0 Å². The first kappa shape index (κ1) is 46.2. The zero-order valence-corrected chi connectivity index (χ0v) is 35.3. The molecule has 0 saturated carbocycles. The average molecular weight is 681 g/mol. The van der Waals surface area contributed by atoms with Gasteiger partial charge in [-0.05, 0) is 116 Å². The van der Waals surface area contributed by atoms with Gasteiger partial charge >= 0.3 is 0 Å². The van der Waals surface area contributed by atoms with Crippen LogP contribution >= 0.6 is 0 Å². The second-order valence-electron chi connectivity index (χ2n) is 16.3. The third-order valence-electron chi connectivity index (χ3n) is 11.7. The van der Waals surface area contributed by atoms with Crippen LogP contribution in [0.4, 0.5) is 0 Å². The van der Waals surface area contributed by atoms with E-state index in [0.29, 0.717) is 0 Å². The Morgan fingerprint density at radius 3 is 0.735 bits per heavy atom. The Hall–Kier alpha value is -0.780. The Morgan fingerprint density at radius 2 is 0.469 bits per heavy atom. The molecule has 0 nitrogen and oxygen atoms in total. The van der Waals surface area contributed by atoms with Gasteiger partial charge in [-0.1, -0.05) is 196 Å². The summed E-state index contributed by atoms with van der Waals surface area (Å²) in [5, 5.41) is 0. The fraction of sp³-hybridized carbons (Fsp3) is 0.878. The van der Waals surface area contributed by atoms with E-state index < -0.39 is 0 Å². The number of unbranched alkanes of at least 4 members (excludes halogenated alkanes) is 21. The maximum atomic E-state index is 2.39. The van der Waals surface area contributed by atoms with Crippen molar-refractivity contribution in [3.05, 3.63) is 33.4 Å². The van der Waals surface area contributed by atoms with E-state index in [1.807, 2.05) is 33.4 Å². The van der Waals surface area contributed by atoms with Crippen molar-refractivity contribution < 1.29 is 0 Å². The molecule has 0 heterocycles. The van der Waals surface area contributed by atoms with Crippen LogP contribution in [0.2, 0.25) is 0 Å². The molecule has 0 spiro atoms. The van der Waals surface area contributed by atoms with E-state index in [1.54, 1.807) is 0 Å². The smallest absolute Gasteiger partial charge is 0.0156 e. The highest BCUT2D eigenvalue weighted by Gasteiger charge is 2.27. The molecule has 1 rings (SSSR count). The van der Waals surface area contributed by atoms with E-state index in [4.69, 9.17) is 0 Å². The molecule has 288 valence electrons. The van der Waals surface area contributed by atoms with Crippen LogP contribution in [0.1, 0.15) is 280 Å². The van der Waals surface area contributed by atoms with Crippen LogP contribution in [0.15, 0.2) is 0 Å². The third kappa shape index (κ3) is 20.2. The molecule has 0 aliphatic rings. The monoisotopic (exact) mass is 681 g/mol. The van der Waals surface area contributed by atoms with Crippen molar-refractivity contribution in [2.75, 3.05) is 0 Å². The SMILES string of the molecule is CCCCCCc1c(CCCCCC)c(CCCCCC)c(C(CCCCCC)CCCCCC)c(CCCCCC)c1CCCCCC. The molecular formula is C49H92. The summed E-state index contributed by atoms with van der Waals surface area (Å²) in [4.78, 5) is 0. The summed E-state index contributed by atoms with van der Waals surface area (Å²) < 4.78 is 0. The Balaban J connectivity index is 4.05. The molecule has 0 amide bonds. The van der Waals surface area contributed by atoms with Crippen molar-refractivity contribution in [1.29, 1.82) is 0 Å². The maximum absolute atomic E-state index is 2.39. The minimum Gasteiger partial charge on any atom is -0.0654 e. The Morgan fingerprint density at radius 1 is 0.245 bits per heavy atom. The van der Waals surface area contributed by atoms with Crippen LogP contribution in [0.5, 0.6) is 0 Å². The van der Waals surface area contributed by atoms with Crippen molar-refractivity contribution in [3.8, 4) is 0 Å². The van der Waals surface area contributed by atoms with Gasteiger partial charge in [-0.3, -0.25) is 0 Å². The highest BCUT2D eigenvalue weighted by atomic mass is 14.3. The molecule has 1 aromatic rings. The largest absolute Gasteiger partial charge is 0.0654 e. The van der Waals surface area contributed by atoms with E-state index in [9.17, 15) is 0 Å². The molecule has 0 N–H and O–H groups in total. The van der Waals surface area contributed by atoms with E-state index in [1.165, 1.54) is 225 Å². The van der Waals surface area contributed by atoms with Gasteiger partial charge in [0.1, 0.15) is 0 Å². The van der Waals surface area contributed by atoms with Gasteiger partial charge in [-0.25, -0.2) is 0 Å². The first-order valence-corrected chi connectivity index (χ1v) is 23.3. The zero-order valence-electron chi connectivity index (χ0n) is 35.3. The molecule has 1 aromatic carbocycles. The lowest BCUT2D eigenvalue weighted by molar-refractivity contribution is 0.487. The number of hydrogen-bond acceptors (Lipinski definition) is 0. The molecule has 0 aliphatic heterocycles. The summed E-state index contributed by atoms with van der Waals surface area (Å²) in [5.41, 5.74) is 11.5. The van der Waals surface area contributed by atoms with Gasteiger partial charge in [0.05, 0.1) is 0 Å². The Kier molecular flexibility index (Phi) is 31.2. The second kappa shape index (κ2) is 33.1. The predicted molar refractivity (Wildman–Crippen MR) is 226 cm³/mol. The molecule has 0 atom stereocenters. The first-order chi connectivity index (χ1) is 24.1. The van der Waals surface area contributed by atoms with Gasteiger partial charge in [-0.15, -0.1) is 0 Å². The van der Waals surface area contributed by atoms with Crippen molar-refractivity contribution >= 4 is 0 Å². The summed E-state index contributed by atoms with van der Waals surface area (Å²) >= 11 is 0. The highest BCUT2D eigenvalue weighted by molar-refractivity contribution is 5.54. The summed E-state index contributed by atoms with van der Waals surface area (Å²) in [6.45, 7) is 16.7. The quantitative estimate of drug-likeness (QED) is 0.0619. The molecule has 0 radical (unpaired) electrons. The summed E-state index contributed by atoms with van der Waals surface area (Å²) in [7, 11) is 0. The Labute approximate surface area is 311 Å². The predicted octanol–water partition coefficient (Wildman–Crippen LogP) is 17.3. The molecule has 0 bridgehead atoms. The van der Waals surface area contributed by atoms with Gasteiger partial charge in [0.15, 0.2) is 0 Å². The van der Waals surface area contributed by atoms with E-state index in [-0.39, 0.29) is 0 Å². The highest BCUT2D eigenvalue weighted by Crippen LogP contribution is 2.42. The third-order valence-corrected chi connectivity index (χ3v) is 11.7. The normalized spacial score (nSPS) is 11.8. The van der Waals surface area contributed by atoms with Gasteiger partial charge < -0.3 is 0 Å². The fourth-order valence-electron chi connectivity index (χ4n) is 8.73. The lowest BCUT2D eigenvalue weighted by atomic mass is 9.73. The molecule has 0 heteroatoms. The van der Waals surface area contributed by atoms with Crippen LogP contribution in [0.3, 0.4) is 0 Å². The van der Waals surface area contributed by atoms with Gasteiger partial charge in [0.2, 0.25) is 0 Å². The Bertz CT molecular complexity index is 800. The van der Waals surface area contributed by atoms with E-state index in [0.717, 1.165) is 5.92 Å². The molecule has 0 aromatic heterocycles. The number of rotatable bonds is 36. The van der Waals surface area contributed by atoms with Gasteiger partial charge in [0.25, 0.3) is 0 Å². The lowest BCUT2D eigenvalue weighted by Crippen LogP contribution is -2.18. The summed E-state index contributed by atoms with van der Waals surface area (Å²) in [6.07, 6.45) is 48.8. The summed E-state index contributed by atoms with van der Waals surface area (Å²) in [5.74, 6) is 0.786. The average Bonchev–Trinajstić information content (AvgIpc) is 3.11. The lowest BCUT2D eigenvalue weighted by Gasteiger charge is -2.32. The van der Waals surface area contributed by atoms with Crippen molar-refractivity contribution in [2.45, 2.75) is 279 Å². The molecular weight excluding hydrogens is 589 g/mol. The van der Waals surface area contributed by atoms with Crippen molar-refractivity contribution in [1.82, 2.24) is 0 Å². The topological polar surface area (TPSA) is 0 Å². The maximum Gasteiger partial charge on any atom is -0.0156 e. The van der Waals surface area contributed by atoms with E-state index in [2.05, 4.69) is 48.5 Å². The summed E-state index contributed by atoms with van der Waals surface area (Å²) in [6, 6.07) is 0. The molecule has 0 aliphatic carbocycles. The molecule has 49 heavy (non-hydrogen) atoms. The van der Waals surface area contributed by atoms with Crippen molar-refractivity contribution in [2.24, 2.45) is 0 Å².